The van der Waals surface area contributed by atoms with E-state index >= 15 is 0 Å². The molecule has 16 heavy (non-hydrogen) atoms. The van der Waals surface area contributed by atoms with E-state index in [1.54, 1.807) is 0 Å². The molecular weight excluding hydrogens is 302 g/mol. The molecule has 4 nitrogen and oxygen atoms in total. The van der Waals surface area contributed by atoms with E-state index in [1.807, 2.05) is 5.32 Å². The van der Waals surface area contributed by atoms with Gasteiger partial charge in [-0.2, -0.15) is 0 Å². The van der Waals surface area contributed by atoms with Crippen LogP contribution in [0.15, 0.2) is 22.7 Å². The first kappa shape index (κ1) is 12.9. The molecule has 0 spiro atoms. The van der Waals surface area contributed by atoms with Gasteiger partial charge in [0.2, 0.25) is 5.91 Å². The molecule has 0 aromatic heterocycles. The Morgan fingerprint density at radius 2 is 2.12 bits per heavy atom. The van der Waals surface area contributed by atoms with Crippen LogP contribution in [0.1, 0.15) is 0 Å². The molecule has 0 radical (unpaired) electrons. The van der Waals surface area contributed by atoms with Crippen LogP contribution >= 0.6 is 27.5 Å². The zero-order valence-electron chi connectivity index (χ0n) is 7.89. The maximum Gasteiger partial charge on any atom is 0.325 e. The number of hydrogen-bond acceptors (Lipinski definition) is 2. The van der Waals surface area contributed by atoms with Crippen LogP contribution in [-0.2, 0) is 4.79 Å². The number of urea groups is 1. The van der Waals surface area contributed by atoms with Crippen molar-refractivity contribution in [3.05, 3.63) is 28.5 Å². The standard InChI is InChI=1S/C9H7BrClFN2O2/c10-6-2-1-5(3-7(6)12)13-9(16)14-8(15)4-11/h1-3H,4H2,(H2,13,14,15,16). The summed E-state index contributed by atoms with van der Waals surface area (Å²) in [6.45, 7) is 0. The molecule has 0 saturated carbocycles. The van der Waals surface area contributed by atoms with E-state index in [2.05, 4.69) is 21.2 Å². The SMILES string of the molecule is O=C(CCl)NC(=O)Nc1ccc(Br)c(F)c1. The summed E-state index contributed by atoms with van der Waals surface area (Å²) < 4.78 is 13.3. The Hall–Kier alpha value is -1.14. The number of anilines is 1. The van der Waals surface area contributed by atoms with Gasteiger partial charge in [0.1, 0.15) is 11.7 Å². The molecule has 0 saturated heterocycles. The van der Waals surface area contributed by atoms with Crippen molar-refractivity contribution in [1.82, 2.24) is 5.32 Å². The Kier molecular flexibility index (Phi) is 4.70. The maximum absolute atomic E-state index is 13.1. The number of rotatable bonds is 2. The van der Waals surface area contributed by atoms with Crippen LogP contribution in [-0.4, -0.2) is 17.8 Å². The smallest absolute Gasteiger partial charge is 0.308 e. The molecule has 0 aliphatic rings. The summed E-state index contributed by atoms with van der Waals surface area (Å²) in [6.07, 6.45) is 0. The van der Waals surface area contributed by atoms with Crippen LogP contribution in [0.4, 0.5) is 14.9 Å². The second kappa shape index (κ2) is 5.81. The summed E-state index contributed by atoms with van der Waals surface area (Å²) in [5, 5.41) is 4.24. The molecule has 0 aliphatic heterocycles. The van der Waals surface area contributed by atoms with Crippen molar-refractivity contribution in [2.24, 2.45) is 0 Å². The number of nitrogens with one attached hydrogen (secondary N) is 2. The highest BCUT2D eigenvalue weighted by atomic mass is 79.9. The van der Waals surface area contributed by atoms with E-state index < -0.39 is 17.8 Å². The predicted octanol–water partition coefficient (Wildman–Crippen LogP) is 2.48. The molecule has 0 atom stereocenters. The highest BCUT2D eigenvalue weighted by Gasteiger charge is 2.07. The zero-order valence-corrected chi connectivity index (χ0v) is 10.2. The summed E-state index contributed by atoms with van der Waals surface area (Å²) in [5.74, 6) is -1.46. The molecule has 1 rings (SSSR count). The molecule has 0 unspecified atom stereocenters. The number of carbonyl (C=O) groups excluding carboxylic acids is 2. The highest BCUT2D eigenvalue weighted by Crippen LogP contribution is 2.19. The lowest BCUT2D eigenvalue weighted by atomic mass is 10.3. The van der Waals surface area contributed by atoms with E-state index in [9.17, 15) is 14.0 Å². The van der Waals surface area contributed by atoms with Gasteiger partial charge in [-0.3, -0.25) is 10.1 Å². The molecule has 1 aromatic rings. The van der Waals surface area contributed by atoms with Gasteiger partial charge in [0, 0.05) is 5.69 Å². The van der Waals surface area contributed by atoms with Crippen molar-refractivity contribution in [1.29, 1.82) is 0 Å². The van der Waals surface area contributed by atoms with Gasteiger partial charge in [0.05, 0.1) is 4.47 Å². The number of halogens is 3. The van der Waals surface area contributed by atoms with Crippen molar-refractivity contribution < 1.29 is 14.0 Å². The lowest BCUT2D eigenvalue weighted by molar-refractivity contribution is -0.117. The maximum atomic E-state index is 13.1. The molecule has 0 heterocycles. The van der Waals surface area contributed by atoms with Gasteiger partial charge in [0.25, 0.3) is 0 Å². The van der Waals surface area contributed by atoms with Gasteiger partial charge < -0.3 is 5.32 Å². The Labute approximate surface area is 104 Å². The Bertz CT molecular complexity index is 428. The van der Waals surface area contributed by atoms with Gasteiger partial charge in [-0.15, -0.1) is 11.6 Å². The first-order chi connectivity index (χ1) is 7.52. The second-order valence-electron chi connectivity index (χ2n) is 2.76. The van der Waals surface area contributed by atoms with Crippen molar-refractivity contribution in [3.8, 4) is 0 Å². The van der Waals surface area contributed by atoms with E-state index in [1.165, 1.54) is 12.1 Å². The third kappa shape index (κ3) is 3.79. The van der Waals surface area contributed by atoms with Crippen LogP contribution in [0.3, 0.4) is 0 Å². The van der Waals surface area contributed by atoms with Crippen molar-refractivity contribution in [3.63, 3.8) is 0 Å². The fourth-order valence-corrected chi connectivity index (χ4v) is 1.21. The predicted molar refractivity (Wildman–Crippen MR) is 62.0 cm³/mol. The largest absolute Gasteiger partial charge is 0.325 e. The lowest BCUT2D eigenvalue weighted by Crippen LogP contribution is -2.35. The van der Waals surface area contributed by atoms with Gasteiger partial charge in [0.15, 0.2) is 0 Å². The average Bonchev–Trinajstić information content (AvgIpc) is 2.23. The third-order valence-corrected chi connectivity index (χ3v) is 2.44. The summed E-state index contributed by atoms with van der Waals surface area (Å²) in [4.78, 5) is 21.9. The molecule has 86 valence electrons. The van der Waals surface area contributed by atoms with Crippen molar-refractivity contribution in [2.45, 2.75) is 0 Å². The van der Waals surface area contributed by atoms with Crippen molar-refractivity contribution >= 4 is 45.2 Å². The first-order valence-corrected chi connectivity index (χ1v) is 5.47. The van der Waals surface area contributed by atoms with Gasteiger partial charge in [-0.1, -0.05) is 0 Å². The molecule has 1 aromatic carbocycles. The monoisotopic (exact) mass is 308 g/mol. The lowest BCUT2D eigenvalue weighted by Gasteiger charge is -2.05. The molecule has 0 bridgehead atoms. The minimum atomic E-state index is -0.757. The van der Waals surface area contributed by atoms with Crippen LogP contribution in [0.5, 0.6) is 0 Å². The van der Waals surface area contributed by atoms with Gasteiger partial charge in [-0.25, -0.2) is 9.18 Å². The number of alkyl halides is 1. The second-order valence-corrected chi connectivity index (χ2v) is 3.89. The number of carbonyl (C=O) groups is 2. The normalized spacial score (nSPS) is 9.69. The minimum absolute atomic E-state index is 0.237. The van der Waals surface area contributed by atoms with Crippen molar-refractivity contribution in [2.75, 3.05) is 11.2 Å². The van der Waals surface area contributed by atoms with Gasteiger partial charge in [-0.05, 0) is 34.1 Å². The van der Waals surface area contributed by atoms with Crippen LogP contribution in [0.2, 0.25) is 0 Å². The third-order valence-electron chi connectivity index (χ3n) is 1.55. The average molecular weight is 310 g/mol. The number of hydrogen-bond donors (Lipinski definition) is 2. The highest BCUT2D eigenvalue weighted by molar-refractivity contribution is 9.10. The molecule has 0 aliphatic carbocycles. The van der Waals surface area contributed by atoms with Crippen LogP contribution < -0.4 is 10.6 Å². The van der Waals surface area contributed by atoms with E-state index in [4.69, 9.17) is 11.6 Å². The van der Waals surface area contributed by atoms with Crippen LogP contribution in [0, 0.1) is 5.82 Å². The minimum Gasteiger partial charge on any atom is -0.308 e. The fourth-order valence-electron chi connectivity index (χ4n) is 0.896. The quantitative estimate of drug-likeness (QED) is 0.825. The van der Waals surface area contributed by atoms with E-state index in [-0.39, 0.29) is 16.0 Å². The summed E-state index contributed by atoms with van der Waals surface area (Å²) in [5.41, 5.74) is 0.237. The number of imide groups is 1. The summed E-state index contributed by atoms with van der Waals surface area (Å²) in [7, 11) is 0. The van der Waals surface area contributed by atoms with E-state index in [0.29, 0.717) is 0 Å². The summed E-state index contributed by atoms with van der Waals surface area (Å²) >= 11 is 8.16. The van der Waals surface area contributed by atoms with Gasteiger partial charge >= 0.3 is 6.03 Å². The number of benzene rings is 1. The van der Waals surface area contributed by atoms with Crippen LogP contribution in [0.25, 0.3) is 0 Å². The molecule has 3 amide bonds. The fraction of sp³-hybridized carbons (Fsp3) is 0.111. The zero-order chi connectivity index (χ0) is 12.1. The Morgan fingerprint density at radius 3 is 2.69 bits per heavy atom. The molecule has 7 heteroatoms. The van der Waals surface area contributed by atoms with E-state index in [0.717, 1.165) is 6.07 Å². The number of amides is 3. The molecule has 2 N–H and O–H groups in total. The molecular formula is C9H7BrClFN2O2. The first-order valence-electron chi connectivity index (χ1n) is 4.15. The Balaban J connectivity index is 2.63. The Morgan fingerprint density at radius 1 is 1.44 bits per heavy atom. The molecule has 0 fully saturated rings. The topological polar surface area (TPSA) is 58.2 Å². The summed E-state index contributed by atoms with van der Waals surface area (Å²) in [6, 6.07) is 3.29.